The Bertz CT molecular complexity index is 1190. The van der Waals surface area contributed by atoms with Crippen LogP contribution < -0.4 is 10.1 Å². The lowest BCUT2D eigenvalue weighted by atomic mass is 10.0. The number of nitrogens with one attached hydrogen (secondary N) is 1. The molecule has 2 aromatic carbocycles. The highest BCUT2D eigenvalue weighted by atomic mass is 32.2. The molecule has 1 atom stereocenters. The first-order chi connectivity index (χ1) is 17.4. The van der Waals surface area contributed by atoms with Crippen molar-refractivity contribution in [3.8, 4) is 5.75 Å². The smallest absolute Gasteiger partial charge is 0.326 e. The molecular weight excluding hydrogens is 476 g/mol. The second kappa shape index (κ2) is 13.7. The number of fused-ring (bicyclic) bond motifs is 1. The van der Waals surface area contributed by atoms with Crippen LogP contribution in [0.2, 0.25) is 0 Å². The van der Waals surface area contributed by atoms with Gasteiger partial charge in [-0.05, 0) is 42.9 Å². The molecule has 1 aromatic heterocycles. The minimum atomic E-state index is -0.996. The van der Waals surface area contributed by atoms with Crippen LogP contribution in [-0.4, -0.2) is 52.0 Å². The van der Waals surface area contributed by atoms with Gasteiger partial charge in [0.05, 0.1) is 7.11 Å². The average Bonchev–Trinajstić information content (AvgIpc) is 3.25. The molecule has 3 rings (SSSR count). The van der Waals surface area contributed by atoms with E-state index >= 15 is 0 Å². The molecule has 0 aliphatic carbocycles. The van der Waals surface area contributed by atoms with Crippen LogP contribution in [0.5, 0.6) is 5.75 Å². The number of carbonyl (C=O) groups is 3. The highest BCUT2D eigenvalue weighted by Crippen LogP contribution is 2.25. The van der Waals surface area contributed by atoms with Gasteiger partial charge in [-0.15, -0.1) is 0 Å². The van der Waals surface area contributed by atoms with Crippen molar-refractivity contribution in [1.82, 2.24) is 9.88 Å². The number of ether oxygens (including phenoxy) is 1. The summed E-state index contributed by atoms with van der Waals surface area (Å²) in [5, 5.41) is 12.9. The van der Waals surface area contributed by atoms with Gasteiger partial charge in [0.2, 0.25) is 5.91 Å². The van der Waals surface area contributed by atoms with Crippen LogP contribution in [0.15, 0.2) is 54.7 Å². The number of hydrogen-bond acceptors (Lipinski definition) is 5. The van der Waals surface area contributed by atoms with Gasteiger partial charge in [-0.3, -0.25) is 9.59 Å². The summed E-state index contributed by atoms with van der Waals surface area (Å²) in [5.41, 5.74) is 2.49. The van der Waals surface area contributed by atoms with Crippen LogP contribution in [0, 0.1) is 0 Å². The number of para-hydroxylation sites is 2. The molecule has 8 heteroatoms. The van der Waals surface area contributed by atoms with Crippen LogP contribution in [0.25, 0.3) is 10.9 Å². The number of rotatable bonds is 15. The maximum Gasteiger partial charge on any atom is 0.326 e. The summed E-state index contributed by atoms with van der Waals surface area (Å²) in [6.07, 6.45) is 4.19. The molecule has 7 nitrogen and oxygen atoms in total. The fourth-order valence-corrected chi connectivity index (χ4v) is 4.90. The van der Waals surface area contributed by atoms with E-state index in [2.05, 4.69) is 9.88 Å². The predicted molar refractivity (Wildman–Crippen MR) is 144 cm³/mol. The normalized spacial score (nSPS) is 11.8. The summed E-state index contributed by atoms with van der Waals surface area (Å²) in [6, 6.07) is 14.5. The van der Waals surface area contributed by atoms with Gasteiger partial charge in [0, 0.05) is 47.6 Å². The monoisotopic (exact) mass is 510 g/mol. The lowest BCUT2D eigenvalue weighted by Gasteiger charge is -2.14. The summed E-state index contributed by atoms with van der Waals surface area (Å²) in [4.78, 5) is 36.9. The third-order valence-electron chi connectivity index (χ3n) is 6.07. The largest absolute Gasteiger partial charge is 0.496 e. The molecule has 3 aromatic rings. The minimum Gasteiger partial charge on any atom is -0.496 e. The van der Waals surface area contributed by atoms with E-state index in [9.17, 15) is 19.5 Å². The number of benzene rings is 2. The third kappa shape index (κ3) is 7.37. The first-order valence-electron chi connectivity index (χ1n) is 12.3. The van der Waals surface area contributed by atoms with Crippen LogP contribution in [0.1, 0.15) is 48.5 Å². The summed E-state index contributed by atoms with van der Waals surface area (Å²) >= 11 is 1.66. The van der Waals surface area contributed by atoms with Crippen molar-refractivity contribution in [2.45, 2.75) is 51.6 Å². The SMILES string of the molecule is CCSCCC(NC(=O)CCCCn1cc(C(=O)Cc2ccccc2OC)c2ccccc21)C(=O)O. The van der Waals surface area contributed by atoms with Crippen molar-refractivity contribution < 1.29 is 24.2 Å². The van der Waals surface area contributed by atoms with E-state index in [0.29, 0.717) is 36.5 Å². The van der Waals surface area contributed by atoms with Crippen LogP contribution in [0.4, 0.5) is 0 Å². The van der Waals surface area contributed by atoms with Gasteiger partial charge in [-0.2, -0.15) is 11.8 Å². The molecular formula is C28H34N2O5S. The number of amides is 1. The van der Waals surface area contributed by atoms with Crippen molar-refractivity contribution in [3.63, 3.8) is 0 Å². The minimum absolute atomic E-state index is 0.0229. The Morgan fingerprint density at radius 1 is 1.08 bits per heavy atom. The molecule has 0 spiro atoms. The summed E-state index contributed by atoms with van der Waals surface area (Å²) in [7, 11) is 1.60. The van der Waals surface area contributed by atoms with E-state index in [-0.39, 0.29) is 24.5 Å². The number of aryl methyl sites for hydroxylation is 1. The number of hydrogen-bond donors (Lipinski definition) is 2. The van der Waals surface area contributed by atoms with Gasteiger partial charge in [0.25, 0.3) is 0 Å². The Balaban J connectivity index is 1.59. The molecule has 0 fully saturated rings. The second-order valence-electron chi connectivity index (χ2n) is 8.57. The predicted octanol–water partition coefficient (Wildman–Crippen LogP) is 4.96. The summed E-state index contributed by atoms with van der Waals surface area (Å²) in [5.74, 6) is 1.10. The van der Waals surface area contributed by atoms with Crippen molar-refractivity contribution in [1.29, 1.82) is 0 Å². The standard InChI is InChI=1S/C28H34N2O5S/c1-3-36-17-15-23(28(33)34)29-27(32)14-8-9-16-30-19-22(21-11-5-6-12-24(21)30)25(31)18-20-10-4-7-13-26(20)35-2/h4-7,10-13,19,23H,3,8-9,14-18H2,1-2H3,(H,29,32)(H,33,34). The average molecular weight is 511 g/mol. The van der Waals surface area contributed by atoms with Crippen molar-refractivity contribution in [2.24, 2.45) is 0 Å². The van der Waals surface area contributed by atoms with E-state index in [1.807, 2.05) is 61.7 Å². The first kappa shape index (κ1) is 27.3. The maximum absolute atomic E-state index is 13.2. The Hall–Kier alpha value is -3.26. The molecule has 0 aliphatic rings. The maximum atomic E-state index is 13.2. The number of nitrogens with zero attached hydrogens (tertiary/aromatic N) is 1. The zero-order chi connectivity index (χ0) is 25.9. The van der Waals surface area contributed by atoms with Crippen molar-refractivity contribution >= 4 is 40.3 Å². The molecule has 1 heterocycles. The zero-order valence-electron chi connectivity index (χ0n) is 20.9. The topological polar surface area (TPSA) is 97.6 Å². The molecule has 0 saturated carbocycles. The number of carbonyl (C=O) groups excluding carboxylic acids is 2. The molecule has 192 valence electrons. The van der Waals surface area contributed by atoms with E-state index in [0.717, 1.165) is 28.6 Å². The highest BCUT2D eigenvalue weighted by molar-refractivity contribution is 7.99. The van der Waals surface area contributed by atoms with Gasteiger partial charge in [-0.1, -0.05) is 43.3 Å². The van der Waals surface area contributed by atoms with Gasteiger partial charge < -0.3 is 19.7 Å². The molecule has 0 saturated heterocycles. The van der Waals surface area contributed by atoms with E-state index in [4.69, 9.17) is 4.74 Å². The van der Waals surface area contributed by atoms with Gasteiger partial charge >= 0.3 is 5.97 Å². The molecule has 1 amide bonds. The van der Waals surface area contributed by atoms with E-state index in [1.165, 1.54) is 0 Å². The Kier molecular flexibility index (Phi) is 10.4. The first-order valence-corrected chi connectivity index (χ1v) is 13.4. The van der Waals surface area contributed by atoms with Gasteiger partial charge in [0.15, 0.2) is 5.78 Å². The second-order valence-corrected chi connectivity index (χ2v) is 9.96. The van der Waals surface area contributed by atoms with Crippen LogP contribution in [0.3, 0.4) is 0 Å². The molecule has 1 unspecified atom stereocenters. The lowest BCUT2D eigenvalue weighted by Crippen LogP contribution is -2.41. The molecule has 36 heavy (non-hydrogen) atoms. The summed E-state index contributed by atoms with van der Waals surface area (Å²) < 4.78 is 7.46. The Morgan fingerprint density at radius 2 is 1.83 bits per heavy atom. The van der Waals surface area contributed by atoms with Gasteiger partial charge in [0.1, 0.15) is 11.8 Å². The van der Waals surface area contributed by atoms with Crippen molar-refractivity contribution in [3.05, 3.63) is 65.9 Å². The number of aliphatic carboxylic acids is 1. The molecule has 0 radical (unpaired) electrons. The summed E-state index contributed by atoms with van der Waals surface area (Å²) in [6.45, 7) is 2.68. The highest BCUT2D eigenvalue weighted by Gasteiger charge is 2.20. The van der Waals surface area contributed by atoms with Crippen molar-refractivity contribution in [2.75, 3.05) is 18.6 Å². The Morgan fingerprint density at radius 3 is 2.58 bits per heavy atom. The van der Waals surface area contributed by atoms with E-state index in [1.54, 1.807) is 18.9 Å². The lowest BCUT2D eigenvalue weighted by molar-refractivity contribution is -0.141. The quantitative estimate of drug-likeness (QED) is 0.222. The number of thioether (sulfide) groups is 1. The number of unbranched alkanes of at least 4 members (excludes halogenated alkanes) is 1. The molecule has 2 N–H and O–H groups in total. The number of Topliss-reactive ketones (excluding diaryl/α,β-unsaturated/α-hetero) is 1. The van der Waals surface area contributed by atoms with Crippen LogP contribution >= 0.6 is 11.8 Å². The van der Waals surface area contributed by atoms with E-state index < -0.39 is 12.0 Å². The molecule has 0 bridgehead atoms. The number of aromatic nitrogens is 1. The molecule has 0 aliphatic heterocycles. The third-order valence-corrected chi connectivity index (χ3v) is 7.01. The number of ketones is 1. The zero-order valence-corrected chi connectivity index (χ0v) is 21.7. The fraction of sp³-hybridized carbons (Fsp3) is 0.393. The number of carboxylic acid groups (broad SMARTS) is 1. The number of carboxylic acids is 1. The van der Waals surface area contributed by atoms with Crippen LogP contribution in [-0.2, 0) is 22.6 Å². The van der Waals surface area contributed by atoms with Gasteiger partial charge in [-0.25, -0.2) is 4.79 Å². The number of methoxy groups -OCH3 is 1. The fourth-order valence-electron chi connectivity index (χ4n) is 4.21. The Labute approximate surface area is 216 Å².